The van der Waals surface area contributed by atoms with Crippen LogP contribution in [-0.2, 0) is 27.4 Å². The molecule has 11 nitrogen and oxygen atoms in total. The number of hydrogen-bond donors (Lipinski definition) is 1. The molecule has 2 amide bonds. The van der Waals surface area contributed by atoms with Gasteiger partial charge in [0.2, 0.25) is 11.8 Å². The van der Waals surface area contributed by atoms with E-state index in [-0.39, 0.29) is 31.0 Å². The van der Waals surface area contributed by atoms with Crippen LogP contribution in [0.3, 0.4) is 0 Å². The highest BCUT2D eigenvalue weighted by Crippen LogP contribution is 2.38. The van der Waals surface area contributed by atoms with Gasteiger partial charge in [-0.05, 0) is 37.1 Å². The van der Waals surface area contributed by atoms with E-state index >= 15 is 0 Å². The SMILES string of the molecule is COc1ccccc1CN(C(=O)Cn1nnc2ccccc21)[C@H](C(=O)NC[C@@H]1CCCO1)c1cccc(OC)c1OC. The second-order valence-corrected chi connectivity index (χ2v) is 9.93. The number of fused-ring (bicyclic) bond motifs is 1. The summed E-state index contributed by atoms with van der Waals surface area (Å²) in [6.45, 7) is 0.926. The minimum Gasteiger partial charge on any atom is -0.496 e. The predicted molar refractivity (Wildman–Crippen MR) is 155 cm³/mol. The van der Waals surface area contributed by atoms with E-state index < -0.39 is 6.04 Å². The Morgan fingerprint density at radius 3 is 2.52 bits per heavy atom. The number of nitrogens with zero attached hydrogens (tertiary/aromatic N) is 4. The average Bonchev–Trinajstić information content (AvgIpc) is 3.70. The van der Waals surface area contributed by atoms with Crippen LogP contribution in [0.25, 0.3) is 11.0 Å². The first-order valence-electron chi connectivity index (χ1n) is 13.8. The molecule has 2 heterocycles. The van der Waals surface area contributed by atoms with Crippen LogP contribution in [0.4, 0.5) is 0 Å². The second-order valence-electron chi connectivity index (χ2n) is 9.93. The fourth-order valence-electron chi connectivity index (χ4n) is 5.29. The number of hydrogen-bond acceptors (Lipinski definition) is 8. The Bertz CT molecular complexity index is 1530. The van der Waals surface area contributed by atoms with Gasteiger partial charge in [-0.15, -0.1) is 5.10 Å². The van der Waals surface area contributed by atoms with Gasteiger partial charge in [-0.2, -0.15) is 0 Å². The first-order valence-corrected chi connectivity index (χ1v) is 13.8. The molecule has 220 valence electrons. The number of carbonyl (C=O) groups is 2. The molecule has 2 atom stereocenters. The van der Waals surface area contributed by atoms with Crippen molar-refractivity contribution in [3.05, 3.63) is 77.9 Å². The van der Waals surface area contributed by atoms with Gasteiger partial charge in [0, 0.05) is 24.3 Å². The minimum atomic E-state index is -1.08. The van der Waals surface area contributed by atoms with Gasteiger partial charge in [0.1, 0.15) is 23.9 Å². The highest BCUT2D eigenvalue weighted by Gasteiger charge is 2.36. The first kappa shape index (κ1) is 28.9. The van der Waals surface area contributed by atoms with E-state index in [0.717, 1.165) is 18.4 Å². The fraction of sp³-hybridized carbons (Fsp3) is 0.355. The van der Waals surface area contributed by atoms with Crippen LogP contribution >= 0.6 is 0 Å². The molecule has 1 aliphatic heterocycles. The van der Waals surface area contributed by atoms with Crippen LogP contribution in [0.2, 0.25) is 0 Å². The molecule has 0 aliphatic carbocycles. The fourth-order valence-corrected chi connectivity index (χ4v) is 5.29. The van der Waals surface area contributed by atoms with E-state index in [1.807, 2.05) is 48.5 Å². The Hall–Kier alpha value is -4.64. The number of ether oxygens (including phenoxy) is 4. The Morgan fingerprint density at radius 2 is 1.76 bits per heavy atom. The van der Waals surface area contributed by atoms with Crippen LogP contribution in [-0.4, -0.2) is 72.3 Å². The summed E-state index contributed by atoms with van der Waals surface area (Å²) in [5.41, 5.74) is 2.59. The van der Waals surface area contributed by atoms with Crippen LogP contribution in [0.5, 0.6) is 17.2 Å². The zero-order valence-electron chi connectivity index (χ0n) is 24.0. The highest BCUT2D eigenvalue weighted by atomic mass is 16.5. The molecular weight excluding hydrogens is 538 g/mol. The van der Waals surface area contributed by atoms with Crippen molar-refractivity contribution in [3.63, 3.8) is 0 Å². The maximum absolute atomic E-state index is 14.3. The normalized spacial score (nSPS) is 15.3. The predicted octanol–water partition coefficient (Wildman–Crippen LogP) is 3.52. The Morgan fingerprint density at radius 1 is 1.00 bits per heavy atom. The van der Waals surface area contributed by atoms with Crippen molar-refractivity contribution in [2.45, 2.75) is 38.1 Å². The Balaban J connectivity index is 1.59. The van der Waals surface area contributed by atoms with Crippen LogP contribution in [0.15, 0.2) is 66.7 Å². The monoisotopic (exact) mass is 573 g/mol. The number of benzene rings is 3. The standard InChI is InChI=1S/C31H35N5O6/c1-39-26-15-7-4-10-21(26)19-35(28(37)20-36-25-14-6-5-13-24(25)33-34-36)29(31(38)32-18-22-11-9-17-42-22)23-12-8-16-27(40-2)30(23)41-3/h4-8,10,12-16,22,29H,9,11,17-20H2,1-3H3,(H,32,38)/t22-,29-/m0/s1. The lowest BCUT2D eigenvalue weighted by atomic mass is 10.0. The highest BCUT2D eigenvalue weighted by molar-refractivity contribution is 5.90. The number of rotatable bonds is 12. The molecule has 42 heavy (non-hydrogen) atoms. The maximum atomic E-state index is 14.3. The first-order chi connectivity index (χ1) is 20.5. The zero-order valence-corrected chi connectivity index (χ0v) is 24.0. The summed E-state index contributed by atoms with van der Waals surface area (Å²) < 4.78 is 24.2. The molecule has 0 saturated carbocycles. The van der Waals surface area contributed by atoms with Gasteiger partial charge in [-0.25, -0.2) is 4.68 Å². The van der Waals surface area contributed by atoms with E-state index in [9.17, 15) is 9.59 Å². The molecule has 1 aliphatic rings. The zero-order chi connectivity index (χ0) is 29.5. The van der Waals surface area contributed by atoms with E-state index in [1.165, 1.54) is 23.8 Å². The third-order valence-electron chi connectivity index (χ3n) is 7.37. The summed E-state index contributed by atoms with van der Waals surface area (Å²) in [6, 6.07) is 19.0. The van der Waals surface area contributed by atoms with Crippen molar-refractivity contribution in [2.75, 3.05) is 34.5 Å². The van der Waals surface area contributed by atoms with Gasteiger partial charge in [0.25, 0.3) is 0 Å². The van der Waals surface area contributed by atoms with Gasteiger partial charge in [-0.1, -0.05) is 47.7 Å². The van der Waals surface area contributed by atoms with Crippen LogP contribution in [0, 0.1) is 0 Å². The van der Waals surface area contributed by atoms with E-state index in [1.54, 1.807) is 25.3 Å². The number of nitrogens with one attached hydrogen (secondary N) is 1. The molecule has 0 spiro atoms. The van der Waals surface area contributed by atoms with Crippen molar-refractivity contribution in [1.82, 2.24) is 25.2 Å². The smallest absolute Gasteiger partial charge is 0.247 e. The van der Waals surface area contributed by atoms with Crippen molar-refractivity contribution >= 4 is 22.8 Å². The average molecular weight is 574 g/mol. The molecule has 3 aromatic carbocycles. The molecule has 5 rings (SSSR count). The molecule has 1 fully saturated rings. The summed E-state index contributed by atoms with van der Waals surface area (Å²) >= 11 is 0. The maximum Gasteiger partial charge on any atom is 0.247 e. The van der Waals surface area contributed by atoms with Gasteiger partial charge in [0.15, 0.2) is 11.5 Å². The molecule has 0 radical (unpaired) electrons. The molecule has 1 N–H and O–H groups in total. The lowest BCUT2D eigenvalue weighted by molar-refractivity contribution is -0.142. The van der Waals surface area contributed by atoms with Crippen molar-refractivity contribution in [3.8, 4) is 17.2 Å². The molecule has 1 saturated heterocycles. The second kappa shape index (κ2) is 13.3. The lowest BCUT2D eigenvalue weighted by Gasteiger charge is -2.33. The Kier molecular flexibility index (Phi) is 9.18. The third-order valence-corrected chi connectivity index (χ3v) is 7.37. The number of para-hydroxylation sites is 3. The van der Waals surface area contributed by atoms with Crippen molar-refractivity contribution < 1.29 is 28.5 Å². The summed E-state index contributed by atoms with van der Waals surface area (Å²) in [6.07, 6.45) is 1.72. The number of methoxy groups -OCH3 is 3. The molecule has 4 aromatic rings. The summed E-state index contributed by atoms with van der Waals surface area (Å²) in [7, 11) is 4.61. The number of carbonyl (C=O) groups excluding carboxylic acids is 2. The van der Waals surface area contributed by atoms with E-state index in [2.05, 4.69) is 15.6 Å². The third kappa shape index (κ3) is 6.15. The van der Waals surface area contributed by atoms with Gasteiger partial charge >= 0.3 is 0 Å². The van der Waals surface area contributed by atoms with Crippen molar-refractivity contribution in [2.24, 2.45) is 0 Å². The van der Waals surface area contributed by atoms with E-state index in [4.69, 9.17) is 18.9 Å². The quantitative estimate of drug-likeness (QED) is 0.274. The van der Waals surface area contributed by atoms with Gasteiger partial charge in [0.05, 0.1) is 39.5 Å². The largest absolute Gasteiger partial charge is 0.496 e. The van der Waals surface area contributed by atoms with Crippen LogP contribution < -0.4 is 19.5 Å². The molecular formula is C31H35N5O6. The summed E-state index contributed by atoms with van der Waals surface area (Å²) in [4.78, 5) is 30.0. The molecule has 11 heteroatoms. The summed E-state index contributed by atoms with van der Waals surface area (Å²) in [5, 5.41) is 11.4. The number of amides is 2. The lowest BCUT2D eigenvalue weighted by Crippen LogP contribution is -2.46. The number of aromatic nitrogens is 3. The van der Waals surface area contributed by atoms with Gasteiger partial charge < -0.3 is 29.2 Å². The molecule has 1 aromatic heterocycles. The molecule has 0 unspecified atom stereocenters. The summed E-state index contributed by atoms with van der Waals surface area (Å²) in [5.74, 6) is 0.681. The molecule has 0 bridgehead atoms. The topological polar surface area (TPSA) is 117 Å². The van der Waals surface area contributed by atoms with E-state index in [0.29, 0.717) is 47.0 Å². The minimum absolute atomic E-state index is 0.0772. The van der Waals surface area contributed by atoms with Crippen LogP contribution in [0.1, 0.15) is 30.0 Å². The Labute approximate surface area is 244 Å². The van der Waals surface area contributed by atoms with Crippen molar-refractivity contribution in [1.29, 1.82) is 0 Å². The van der Waals surface area contributed by atoms with Gasteiger partial charge in [-0.3, -0.25) is 9.59 Å².